The highest BCUT2D eigenvalue weighted by atomic mass is 16.5. The smallest absolute Gasteiger partial charge is 0.263 e. The van der Waals surface area contributed by atoms with Crippen molar-refractivity contribution in [3.05, 3.63) is 41.6 Å². The van der Waals surface area contributed by atoms with Gasteiger partial charge in [0.1, 0.15) is 17.4 Å². The summed E-state index contributed by atoms with van der Waals surface area (Å²) in [6.07, 6.45) is 7.44. The number of rotatable bonds is 6. The molecule has 5 nitrogen and oxygen atoms in total. The lowest BCUT2D eigenvalue weighted by molar-refractivity contribution is -0.117. The average molecular weight is 313 g/mol. The minimum atomic E-state index is -0.355. The van der Waals surface area contributed by atoms with E-state index in [1.807, 2.05) is 30.3 Å². The minimum Gasteiger partial charge on any atom is -0.497 e. The Morgan fingerprint density at radius 1 is 1.30 bits per heavy atom. The molecule has 1 fully saturated rings. The van der Waals surface area contributed by atoms with Crippen LogP contribution < -0.4 is 15.4 Å². The highest BCUT2D eigenvalue weighted by molar-refractivity contribution is 5.97. The molecular weight excluding hydrogens is 290 g/mol. The topological polar surface area (TPSA) is 74.1 Å². The SMILES string of the molecule is COc1ccc(CNC(=O)/C(C#N)=C\NC2CCCCC2)cc1. The average Bonchev–Trinajstić information content (AvgIpc) is 2.61. The standard InChI is InChI=1S/C18H23N3O2/c1-23-17-9-7-14(8-10-17)12-21-18(22)15(11-19)13-20-16-5-3-2-4-6-16/h7-10,13,16,20H,2-6,12H2,1H3,(H,21,22)/b15-13-. The van der Waals surface area contributed by atoms with Gasteiger partial charge in [-0.3, -0.25) is 4.79 Å². The first-order valence-corrected chi connectivity index (χ1v) is 8.00. The maximum absolute atomic E-state index is 12.1. The third-order valence-electron chi connectivity index (χ3n) is 4.05. The van der Waals surface area contributed by atoms with Crippen molar-refractivity contribution >= 4 is 5.91 Å². The number of nitrogens with one attached hydrogen (secondary N) is 2. The summed E-state index contributed by atoms with van der Waals surface area (Å²) in [4.78, 5) is 12.1. The van der Waals surface area contributed by atoms with E-state index in [9.17, 15) is 4.79 Å². The molecular formula is C18H23N3O2. The second kappa shape index (κ2) is 8.84. The highest BCUT2D eigenvalue weighted by Gasteiger charge is 2.13. The molecule has 0 spiro atoms. The van der Waals surface area contributed by atoms with Gasteiger partial charge in [0.15, 0.2) is 0 Å². The van der Waals surface area contributed by atoms with Crippen molar-refractivity contribution in [2.45, 2.75) is 44.7 Å². The fraction of sp³-hybridized carbons (Fsp3) is 0.444. The summed E-state index contributed by atoms with van der Waals surface area (Å²) in [5.41, 5.74) is 1.07. The molecule has 1 amide bonds. The Hall–Kier alpha value is -2.48. The Labute approximate surface area is 137 Å². The number of nitriles is 1. The van der Waals surface area contributed by atoms with Crippen molar-refractivity contribution in [1.82, 2.24) is 10.6 Å². The maximum atomic E-state index is 12.1. The van der Waals surface area contributed by atoms with Gasteiger partial charge in [-0.2, -0.15) is 5.26 Å². The van der Waals surface area contributed by atoms with E-state index in [1.54, 1.807) is 13.3 Å². The van der Waals surface area contributed by atoms with Gasteiger partial charge < -0.3 is 15.4 Å². The maximum Gasteiger partial charge on any atom is 0.263 e. The lowest BCUT2D eigenvalue weighted by atomic mass is 9.96. The molecule has 1 aromatic rings. The Morgan fingerprint density at radius 2 is 2.00 bits per heavy atom. The van der Waals surface area contributed by atoms with Crippen LogP contribution in [0.2, 0.25) is 0 Å². The first-order chi connectivity index (χ1) is 11.2. The molecule has 2 N–H and O–H groups in total. The van der Waals surface area contributed by atoms with Crippen molar-refractivity contribution in [2.75, 3.05) is 7.11 Å². The first-order valence-electron chi connectivity index (χ1n) is 8.00. The third-order valence-corrected chi connectivity index (χ3v) is 4.05. The number of carbonyl (C=O) groups excluding carboxylic acids is 1. The number of carbonyl (C=O) groups is 1. The van der Waals surface area contributed by atoms with Gasteiger partial charge in [-0.25, -0.2) is 0 Å². The second-order valence-electron chi connectivity index (χ2n) is 5.70. The van der Waals surface area contributed by atoms with Crippen LogP contribution >= 0.6 is 0 Å². The number of nitrogens with zero attached hydrogens (tertiary/aromatic N) is 1. The molecule has 2 rings (SSSR count). The largest absolute Gasteiger partial charge is 0.497 e. The molecule has 0 aromatic heterocycles. The fourth-order valence-electron chi connectivity index (χ4n) is 2.64. The van der Waals surface area contributed by atoms with E-state index in [1.165, 1.54) is 19.3 Å². The lowest BCUT2D eigenvalue weighted by Gasteiger charge is -2.21. The Balaban J connectivity index is 1.85. The zero-order chi connectivity index (χ0) is 16.5. The minimum absolute atomic E-state index is 0.115. The van der Waals surface area contributed by atoms with E-state index in [4.69, 9.17) is 10.00 Å². The predicted octanol–water partition coefficient (Wildman–Crippen LogP) is 2.64. The summed E-state index contributed by atoms with van der Waals surface area (Å²) >= 11 is 0. The van der Waals surface area contributed by atoms with Crippen LogP contribution in [0, 0.1) is 11.3 Å². The summed E-state index contributed by atoms with van der Waals surface area (Å²) in [7, 11) is 1.61. The highest BCUT2D eigenvalue weighted by Crippen LogP contribution is 2.17. The molecule has 0 bridgehead atoms. The van der Waals surface area contributed by atoms with E-state index in [0.29, 0.717) is 12.6 Å². The summed E-state index contributed by atoms with van der Waals surface area (Å²) < 4.78 is 5.09. The molecule has 0 atom stereocenters. The van der Waals surface area contributed by atoms with Gasteiger partial charge in [0.25, 0.3) is 5.91 Å². The molecule has 1 aliphatic rings. The Bertz CT molecular complexity index is 581. The van der Waals surface area contributed by atoms with Gasteiger partial charge in [0, 0.05) is 18.8 Å². The van der Waals surface area contributed by atoms with Crippen LogP contribution in [0.15, 0.2) is 36.0 Å². The normalized spacial score (nSPS) is 15.6. The van der Waals surface area contributed by atoms with Crippen LogP contribution in [0.1, 0.15) is 37.7 Å². The van der Waals surface area contributed by atoms with E-state index in [-0.39, 0.29) is 11.5 Å². The summed E-state index contributed by atoms with van der Waals surface area (Å²) in [5, 5.41) is 15.1. The molecule has 1 aromatic carbocycles. The molecule has 1 saturated carbocycles. The van der Waals surface area contributed by atoms with Crippen LogP contribution in [-0.4, -0.2) is 19.1 Å². The third kappa shape index (κ3) is 5.33. The van der Waals surface area contributed by atoms with E-state index in [0.717, 1.165) is 24.2 Å². The molecule has 0 aliphatic heterocycles. The van der Waals surface area contributed by atoms with E-state index >= 15 is 0 Å². The van der Waals surface area contributed by atoms with Crippen molar-refractivity contribution < 1.29 is 9.53 Å². The fourth-order valence-corrected chi connectivity index (χ4v) is 2.64. The van der Waals surface area contributed by atoms with Gasteiger partial charge in [-0.05, 0) is 30.5 Å². The summed E-state index contributed by atoms with van der Waals surface area (Å²) in [6.45, 7) is 0.380. The van der Waals surface area contributed by atoms with Crippen LogP contribution in [0.4, 0.5) is 0 Å². The number of methoxy groups -OCH3 is 1. The zero-order valence-corrected chi connectivity index (χ0v) is 13.5. The van der Waals surface area contributed by atoms with Crippen molar-refractivity contribution in [2.24, 2.45) is 0 Å². The first kappa shape index (κ1) is 16.9. The molecule has 0 radical (unpaired) electrons. The lowest BCUT2D eigenvalue weighted by Crippen LogP contribution is -2.29. The predicted molar refractivity (Wildman–Crippen MR) is 88.5 cm³/mol. The van der Waals surface area contributed by atoms with Gasteiger partial charge in [0.05, 0.1) is 7.11 Å². The van der Waals surface area contributed by atoms with Crippen molar-refractivity contribution in [1.29, 1.82) is 5.26 Å². The van der Waals surface area contributed by atoms with Crippen LogP contribution in [0.25, 0.3) is 0 Å². The molecule has 122 valence electrons. The van der Waals surface area contributed by atoms with E-state index < -0.39 is 0 Å². The molecule has 5 heteroatoms. The molecule has 1 aliphatic carbocycles. The Kier molecular flexibility index (Phi) is 6.49. The number of hydrogen-bond acceptors (Lipinski definition) is 4. The van der Waals surface area contributed by atoms with Gasteiger partial charge in [-0.1, -0.05) is 31.4 Å². The van der Waals surface area contributed by atoms with Gasteiger partial charge in [-0.15, -0.1) is 0 Å². The number of benzene rings is 1. The second-order valence-corrected chi connectivity index (χ2v) is 5.70. The molecule has 0 heterocycles. The van der Waals surface area contributed by atoms with Crippen molar-refractivity contribution in [3.63, 3.8) is 0 Å². The van der Waals surface area contributed by atoms with Crippen LogP contribution in [0.3, 0.4) is 0 Å². The summed E-state index contributed by atoms with van der Waals surface area (Å²) in [5.74, 6) is 0.418. The molecule has 0 unspecified atom stereocenters. The van der Waals surface area contributed by atoms with Crippen molar-refractivity contribution in [3.8, 4) is 11.8 Å². The quantitative estimate of drug-likeness (QED) is 0.625. The van der Waals surface area contributed by atoms with Gasteiger partial charge >= 0.3 is 0 Å². The molecule has 0 saturated heterocycles. The van der Waals surface area contributed by atoms with Crippen LogP contribution in [0.5, 0.6) is 5.75 Å². The number of ether oxygens (including phenoxy) is 1. The van der Waals surface area contributed by atoms with Crippen LogP contribution in [-0.2, 0) is 11.3 Å². The van der Waals surface area contributed by atoms with Gasteiger partial charge in [0.2, 0.25) is 0 Å². The summed E-state index contributed by atoms with van der Waals surface area (Å²) in [6, 6.07) is 9.79. The number of hydrogen-bond donors (Lipinski definition) is 2. The molecule has 23 heavy (non-hydrogen) atoms. The van der Waals surface area contributed by atoms with E-state index in [2.05, 4.69) is 10.6 Å². The monoisotopic (exact) mass is 313 g/mol. The zero-order valence-electron chi connectivity index (χ0n) is 13.5. The number of amides is 1. The Morgan fingerprint density at radius 3 is 2.61 bits per heavy atom.